The van der Waals surface area contributed by atoms with Crippen LogP contribution in [0.25, 0.3) is 0 Å². The summed E-state index contributed by atoms with van der Waals surface area (Å²) >= 11 is 1.39. The summed E-state index contributed by atoms with van der Waals surface area (Å²) in [6, 6.07) is 5.10. The Morgan fingerprint density at radius 2 is 2.15 bits per heavy atom. The van der Waals surface area contributed by atoms with Crippen LogP contribution < -0.4 is 0 Å². The highest BCUT2D eigenvalue weighted by Crippen LogP contribution is 2.22. The summed E-state index contributed by atoms with van der Waals surface area (Å²) in [5.74, 6) is -1.05. The number of carbonyl (C=O) groups excluding carboxylic acids is 1. The Morgan fingerprint density at radius 1 is 1.30 bits per heavy atom. The predicted molar refractivity (Wildman–Crippen MR) is 74.0 cm³/mol. The van der Waals surface area contributed by atoms with Crippen LogP contribution in [-0.2, 0) is 13.0 Å². The molecule has 0 fully saturated rings. The number of hydrogen-bond donors (Lipinski definition) is 1. The van der Waals surface area contributed by atoms with Crippen LogP contribution in [0.1, 0.15) is 32.0 Å². The van der Waals surface area contributed by atoms with E-state index in [1.54, 1.807) is 27.9 Å². The number of aromatic carboxylic acids is 1. The van der Waals surface area contributed by atoms with Gasteiger partial charge in [0.25, 0.3) is 5.91 Å². The predicted octanol–water partition coefficient (Wildman–Crippen LogP) is 2.04. The number of thiazole rings is 1. The first-order valence-electron chi connectivity index (χ1n) is 6.17. The number of aromatic nitrogens is 1. The van der Waals surface area contributed by atoms with Crippen LogP contribution in [0, 0.1) is 0 Å². The third-order valence-corrected chi connectivity index (χ3v) is 3.99. The first-order chi connectivity index (χ1) is 9.65. The van der Waals surface area contributed by atoms with Gasteiger partial charge in [-0.05, 0) is 29.7 Å². The largest absolute Gasteiger partial charge is 0.478 e. The monoisotopic (exact) mass is 288 g/mol. The zero-order chi connectivity index (χ0) is 14.1. The summed E-state index contributed by atoms with van der Waals surface area (Å²) in [7, 11) is 0. The van der Waals surface area contributed by atoms with Crippen molar-refractivity contribution >= 4 is 23.2 Å². The minimum Gasteiger partial charge on any atom is -0.478 e. The van der Waals surface area contributed by atoms with Crippen molar-refractivity contribution in [2.24, 2.45) is 0 Å². The van der Waals surface area contributed by atoms with Gasteiger partial charge in [0.05, 0.1) is 11.1 Å². The number of carboxylic acids is 1. The molecule has 1 aliphatic heterocycles. The normalized spacial score (nSPS) is 13.9. The second kappa shape index (κ2) is 5.05. The van der Waals surface area contributed by atoms with E-state index in [1.165, 1.54) is 11.3 Å². The van der Waals surface area contributed by atoms with Crippen molar-refractivity contribution in [2.45, 2.75) is 13.0 Å². The maximum Gasteiger partial charge on any atom is 0.335 e. The van der Waals surface area contributed by atoms with Gasteiger partial charge in [-0.15, -0.1) is 11.3 Å². The number of hydrogen-bond acceptors (Lipinski definition) is 4. The summed E-state index contributed by atoms with van der Waals surface area (Å²) in [4.78, 5) is 29.0. The zero-order valence-corrected chi connectivity index (χ0v) is 11.4. The van der Waals surface area contributed by atoms with Crippen molar-refractivity contribution in [3.63, 3.8) is 0 Å². The molecule has 0 spiro atoms. The van der Waals surface area contributed by atoms with Crippen LogP contribution in [0.3, 0.4) is 0 Å². The fourth-order valence-electron chi connectivity index (χ4n) is 2.34. The number of carboxylic acid groups (broad SMARTS) is 1. The van der Waals surface area contributed by atoms with Crippen molar-refractivity contribution in [3.8, 4) is 0 Å². The van der Waals surface area contributed by atoms with Crippen molar-refractivity contribution in [2.75, 3.05) is 6.54 Å². The molecule has 6 heteroatoms. The van der Waals surface area contributed by atoms with Crippen LogP contribution in [0.5, 0.6) is 0 Å². The number of fused-ring (bicyclic) bond motifs is 1. The van der Waals surface area contributed by atoms with Crippen LogP contribution in [0.15, 0.2) is 29.1 Å². The van der Waals surface area contributed by atoms with Crippen LogP contribution >= 0.6 is 11.3 Å². The first kappa shape index (κ1) is 12.8. The van der Waals surface area contributed by atoms with E-state index in [2.05, 4.69) is 4.98 Å². The molecular weight excluding hydrogens is 276 g/mol. The maximum atomic E-state index is 12.2. The quantitative estimate of drug-likeness (QED) is 0.918. The molecule has 2 aromatic rings. The molecule has 1 amide bonds. The third-order valence-electron chi connectivity index (χ3n) is 3.40. The van der Waals surface area contributed by atoms with Gasteiger partial charge in [0.2, 0.25) is 0 Å². The summed E-state index contributed by atoms with van der Waals surface area (Å²) < 4.78 is 0. The average Bonchev–Trinajstić information content (AvgIpc) is 2.99. The molecule has 2 heterocycles. The molecular formula is C14H12N2O3S. The van der Waals surface area contributed by atoms with E-state index >= 15 is 0 Å². The van der Waals surface area contributed by atoms with Crippen LogP contribution in [0.4, 0.5) is 0 Å². The van der Waals surface area contributed by atoms with Crippen LogP contribution in [-0.4, -0.2) is 33.4 Å². The zero-order valence-electron chi connectivity index (χ0n) is 10.6. The molecule has 1 N–H and O–H groups in total. The highest BCUT2D eigenvalue weighted by Gasteiger charge is 2.23. The Labute approximate surface area is 119 Å². The second-order valence-corrected chi connectivity index (χ2v) is 5.36. The second-order valence-electron chi connectivity index (χ2n) is 4.64. The molecule has 20 heavy (non-hydrogen) atoms. The standard InChI is InChI=1S/C14H12N2O3S/c17-13(12-7-20-8-15-12)16-4-3-9-1-2-10(14(18)19)5-11(9)6-16/h1-2,5,7-8H,3-4,6H2,(H,18,19). The summed E-state index contributed by atoms with van der Waals surface area (Å²) in [5.41, 5.74) is 4.35. The first-order valence-corrected chi connectivity index (χ1v) is 7.12. The number of amides is 1. The lowest BCUT2D eigenvalue weighted by Gasteiger charge is -2.28. The van der Waals surface area contributed by atoms with Gasteiger partial charge in [-0.3, -0.25) is 4.79 Å². The lowest BCUT2D eigenvalue weighted by molar-refractivity contribution is 0.0696. The minimum atomic E-state index is -0.948. The minimum absolute atomic E-state index is 0.0994. The van der Waals surface area contributed by atoms with Crippen molar-refractivity contribution in [3.05, 3.63) is 51.5 Å². The Hall–Kier alpha value is -2.21. The summed E-state index contributed by atoms with van der Waals surface area (Å²) in [5, 5.41) is 10.8. The van der Waals surface area contributed by atoms with Gasteiger partial charge in [-0.25, -0.2) is 9.78 Å². The van der Waals surface area contributed by atoms with E-state index in [0.29, 0.717) is 18.8 Å². The topological polar surface area (TPSA) is 70.5 Å². The molecule has 102 valence electrons. The molecule has 0 aliphatic carbocycles. The highest BCUT2D eigenvalue weighted by atomic mass is 32.1. The van der Waals surface area contributed by atoms with E-state index in [0.717, 1.165) is 17.5 Å². The Morgan fingerprint density at radius 3 is 2.85 bits per heavy atom. The molecule has 3 rings (SSSR count). The highest BCUT2D eigenvalue weighted by molar-refractivity contribution is 7.07. The summed E-state index contributed by atoms with van der Waals surface area (Å²) in [6.45, 7) is 1.07. The smallest absolute Gasteiger partial charge is 0.335 e. The number of rotatable bonds is 2. The third kappa shape index (κ3) is 2.30. The van der Waals surface area contributed by atoms with E-state index < -0.39 is 5.97 Å². The SMILES string of the molecule is O=C(O)c1ccc2c(c1)CN(C(=O)c1cscn1)CC2. The van der Waals surface area contributed by atoms with Gasteiger partial charge in [-0.2, -0.15) is 0 Å². The lowest BCUT2D eigenvalue weighted by atomic mass is 9.97. The van der Waals surface area contributed by atoms with Gasteiger partial charge in [0.1, 0.15) is 5.69 Å². The number of carbonyl (C=O) groups is 2. The van der Waals surface area contributed by atoms with E-state index in [-0.39, 0.29) is 11.5 Å². The molecule has 0 atom stereocenters. The Balaban J connectivity index is 1.85. The lowest BCUT2D eigenvalue weighted by Crippen LogP contribution is -2.36. The molecule has 0 saturated carbocycles. The van der Waals surface area contributed by atoms with E-state index in [1.807, 2.05) is 6.07 Å². The van der Waals surface area contributed by atoms with Gasteiger partial charge in [0.15, 0.2) is 0 Å². The molecule has 0 saturated heterocycles. The van der Waals surface area contributed by atoms with Gasteiger partial charge in [-0.1, -0.05) is 6.07 Å². The van der Waals surface area contributed by atoms with Crippen molar-refractivity contribution in [1.29, 1.82) is 0 Å². The number of benzene rings is 1. The maximum absolute atomic E-state index is 12.2. The fraction of sp³-hybridized carbons (Fsp3) is 0.214. The van der Waals surface area contributed by atoms with E-state index in [9.17, 15) is 9.59 Å². The average molecular weight is 288 g/mol. The Kier molecular flexibility index (Phi) is 3.23. The van der Waals surface area contributed by atoms with Gasteiger partial charge in [0, 0.05) is 18.5 Å². The molecule has 0 unspecified atom stereocenters. The van der Waals surface area contributed by atoms with Crippen molar-refractivity contribution < 1.29 is 14.7 Å². The summed E-state index contributed by atoms with van der Waals surface area (Å²) in [6.07, 6.45) is 0.741. The molecule has 0 bridgehead atoms. The van der Waals surface area contributed by atoms with E-state index in [4.69, 9.17) is 5.11 Å². The fourth-order valence-corrected chi connectivity index (χ4v) is 2.87. The van der Waals surface area contributed by atoms with Gasteiger partial charge >= 0.3 is 5.97 Å². The molecule has 5 nitrogen and oxygen atoms in total. The van der Waals surface area contributed by atoms with Crippen LogP contribution in [0.2, 0.25) is 0 Å². The number of nitrogens with zero attached hydrogens (tertiary/aromatic N) is 2. The van der Waals surface area contributed by atoms with Crippen molar-refractivity contribution in [1.82, 2.24) is 9.88 Å². The molecule has 1 aromatic heterocycles. The molecule has 1 aliphatic rings. The Bertz CT molecular complexity index is 667. The van der Waals surface area contributed by atoms with Gasteiger partial charge < -0.3 is 10.0 Å². The molecule has 0 radical (unpaired) electrons. The molecule has 1 aromatic carbocycles.